The summed E-state index contributed by atoms with van der Waals surface area (Å²) in [6, 6.07) is 21.4. The minimum absolute atomic E-state index is 0.0738. The van der Waals surface area contributed by atoms with Crippen LogP contribution in [0, 0.1) is 0 Å². The predicted octanol–water partition coefficient (Wildman–Crippen LogP) is 6.65. The first-order chi connectivity index (χ1) is 19.0. The molecule has 0 aliphatic carbocycles. The van der Waals surface area contributed by atoms with Gasteiger partial charge in [0.05, 0.1) is 39.1 Å². The number of nitrogens with zero attached hydrogens (tertiary/aromatic N) is 1. The number of carboxylic acid groups (broad SMARTS) is 1. The Morgan fingerprint density at radius 2 is 1.79 bits per heavy atom. The molecule has 0 saturated carbocycles. The molecule has 1 amide bonds. The van der Waals surface area contributed by atoms with Crippen LogP contribution >= 0.6 is 11.3 Å². The van der Waals surface area contributed by atoms with E-state index in [0.717, 1.165) is 34.1 Å². The van der Waals surface area contributed by atoms with Crippen LogP contribution in [-0.2, 0) is 22.7 Å². The number of phenols is 1. The topological polar surface area (TPSA) is 88.5 Å². The van der Waals surface area contributed by atoms with Gasteiger partial charge in [-0.15, -0.1) is 0 Å². The smallest absolute Gasteiger partial charge is 0.407 e. The van der Waals surface area contributed by atoms with Crippen LogP contribution < -0.4 is 4.74 Å². The molecule has 204 valence electrons. The predicted molar refractivity (Wildman–Crippen MR) is 152 cm³/mol. The number of amides is 1. The summed E-state index contributed by atoms with van der Waals surface area (Å²) in [5.41, 5.74) is 3.28. The van der Waals surface area contributed by atoms with Gasteiger partial charge in [-0.3, -0.25) is 0 Å². The summed E-state index contributed by atoms with van der Waals surface area (Å²) >= 11 is 1.67. The lowest BCUT2D eigenvalue weighted by molar-refractivity contribution is -0.0199. The van der Waals surface area contributed by atoms with E-state index in [0.29, 0.717) is 45.9 Å². The Morgan fingerprint density at radius 3 is 2.59 bits per heavy atom. The maximum Gasteiger partial charge on any atom is 0.407 e. The molecule has 39 heavy (non-hydrogen) atoms. The minimum atomic E-state index is -0.925. The largest absolute Gasteiger partial charge is 0.508 e. The van der Waals surface area contributed by atoms with Crippen LogP contribution in [0.25, 0.3) is 10.8 Å². The maximum absolute atomic E-state index is 11.7. The Labute approximate surface area is 232 Å². The summed E-state index contributed by atoms with van der Waals surface area (Å²) < 4.78 is 17.9. The van der Waals surface area contributed by atoms with E-state index >= 15 is 0 Å². The first-order valence-corrected chi connectivity index (χ1v) is 14.1. The van der Waals surface area contributed by atoms with Crippen LogP contribution in [0.4, 0.5) is 4.79 Å². The van der Waals surface area contributed by atoms with Crippen LogP contribution in [0.5, 0.6) is 11.5 Å². The van der Waals surface area contributed by atoms with Crippen molar-refractivity contribution in [2.75, 3.05) is 26.3 Å². The zero-order valence-electron chi connectivity index (χ0n) is 21.7. The van der Waals surface area contributed by atoms with E-state index in [4.69, 9.17) is 14.2 Å². The highest BCUT2D eigenvalue weighted by molar-refractivity contribution is 7.07. The number of fused-ring (bicyclic) bond motifs is 1. The van der Waals surface area contributed by atoms with Crippen molar-refractivity contribution >= 4 is 28.2 Å². The van der Waals surface area contributed by atoms with Crippen molar-refractivity contribution in [3.8, 4) is 11.5 Å². The first-order valence-electron chi connectivity index (χ1n) is 13.2. The number of benzene rings is 3. The Hall–Kier alpha value is -3.59. The Kier molecular flexibility index (Phi) is 8.98. The van der Waals surface area contributed by atoms with E-state index in [2.05, 4.69) is 23.6 Å². The highest BCUT2D eigenvalue weighted by Crippen LogP contribution is 2.32. The third-order valence-electron chi connectivity index (χ3n) is 7.04. The second-order valence-electron chi connectivity index (χ2n) is 9.79. The van der Waals surface area contributed by atoms with Gasteiger partial charge in [0.15, 0.2) is 0 Å². The van der Waals surface area contributed by atoms with E-state index in [1.165, 1.54) is 10.5 Å². The number of phenolic OH excluding ortho intramolecular Hbond substituents is 1. The quantitative estimate of drug-likeness (QED) is 0.205. The molecule has 0 radical (unpaired) electrons. The second kappa shape index (κ2) is 13.0. The summed E-state index contributed by atoms with van der Waals surface area (Å²) in [6.07, 6.45) is 0.293. The van der Waals surface area contributed by atoms with Gasteiger partial charge in [-0.25, -0.2) is 4.79 Å². The van der Waals surface area contributed by atoms with Gasteiger partial charge in [0.25, 0.3) is 0 Å². The molecule has 2 N–H and O–H groups in total. The number of carbonyl (C=O) groups is 1. The molecular weight excluding hydrogens is 514 g/mol. The molecule has 1 saturated heterocycles. The molecule has 2 heterocycles. The SMILES string of the molecule is O=C(O)N1CCC(c2ccc(OCCCOCc3ccsc3)cc2)C(OCc2ccc3ccc(O)cc3c2)C1. The minimum Gasteiger partial charge on any atom is -0.508 e. The standard InChI is InChI=1S/C31H33NO6S/c33-27-7-4-24-3-2-22(16-26(24)17-27)20-38-30-18-32(31(34)35)12-10-29(30)25-5-8-28(9-6-25)37-14-1-13-36-19-23-11-15-39-21-23/h2-9,11,15-17,21,29-30,33H,1,10,12-14,18-20H2,(H,34,35). The van der Waals surface area contributed by atoms with Gasteiger partial charge in [-0.1, -0.05) is 30.3 Å². The molecule has 0 bridgehead atoms. The maximum atomic E-state index is 11.7. The number of aromatic hydroxyl groups is 1. The molecular formula is C31H33NO6S. The highest BCUT2D eigenvalue weighted by Gasteiger charge is 2.33. The molecule has 0 spiro atoms. The van der Waals surface area contributed by atoms with Gasteiger partial charge in [0.1, 0.15) is 11.5 Å². The average Bonchev–Trinajstić information content (AvgIpc) is 3.47. The third-order valence-corrected chi connectivity index (χ3v) is 7.77. The fourth-order valence-electron chi connectivity index (χ4n) is 4.94. The van der Waals surface area contributed by atoms with Gasteiger partial charge in [0.2, 0.25) is 0 Å². The zero-order valence-corrected chi connectivity index (χ0v) is 22.5. The molecule has 3 aromatic carbocycles. The van der Waals surface area contributed by atoms with Gasteiger partial charge >= 0.3 is 6.09 Å². The lowest BCUT2D eigenvalue weighted by Crippen LogP contribution is -2.46. The second-order valence-corrected chi connectivity index (χ2v) is 10.6. The van der Waals surface area contributed by atoms with Gasteiger partial charge in [-0.2, -0.15) is 11.3 Å². The van der Waals surface area contributed by atoms with E-state index in [1.54, 1.807) is 23.5 Å². The molecule has 1 aliphatic heterocycles. The van der Waals surface area contributed by atoms with Crippen molar-refractivity contribution in [3.63, 3.8) is 0 Å². The number of hydrogen-bond donors (Lipinski definition) is 2. The van der Waals surface area contributed by atoms with Gasteiger partial charge in [-0.05, 0) is 81.0 Å². The Bertz CT molecular complexity index is 1360. The number of hydrogen-bond acceptors (Lipinski definition) is 6. The van der Waals surface area contributed by atoms with Crippen molar-refractivity contribution in [2.24, 2.45) is 0 Å². The summed E-state index contributed by atoms with van der Waals surface area (Å²) in [5, 5.41) is 25.5. The summed E-state index contributed by atoms with van der Waals surface area (Å²) in [5.74, 6) is 1.10. The summed E-state index contributed by atoms with van der Waals surface area (Å²) in [6.45, 7) is 3.00. The lowest BCUT2D eigenvalue weighted by Gasteiger charge is -2.37. The molecule has 1 aliphatic rings. The monoisotopic (exact) mass is 547 g/mol. The van der Waals surface area contributed by atoms with E-state index < -0.39 is 6.09 Å². The molecule has 2 unspecified atom stereocenters. The third kappa shape index (κ3) is 7.29. The molecule has 1 aromatic heterocycles. The number of piperidine rings is 1. The molecule has 5 rings (SSSR count). The van der Waals surface area contributed by atoms with Crippen LogP contribution in [-0.4, -0.2) is 53.6 Å². The number of likely N-dealkylation sites (tertiary alicyclic amines) is 1. The molecule has 2 atom stereocenters. The Morgan fingerprint density at radius 1 is 0.949 bits per heavy atom. The number of thiophene rings is 1. The number of ether oxygens (including phenoxy) is 3. The van der Waals surface area contributed by atoms with Crippen LogP contribution in [0.2, 0.25) is 0 Å². The van der Waals surface area contributed by atoms with Crippen molar-refractivity contribution in [3.05, 3.63) is 94.2 Å². The molecule has 1 fully saturated rings. The van der Waals surface area contributed by atoms with Crippen LogP contribution in [0.15, 0.2) is 77.5 Å². The van der Waals surface area contributed by atoms with E-state index in [9.17, 15) is 15.0 Å². The normalized spacial score (nSPS) is 17.4. The molecule has 8 heteroatoms. The van der Waals surface area contributed by atoms with Crippen molar-refractivity contribution < 1.29 is 29.2 Å². The van der Waals surface area contributed by atoms with Gasteiger partial charge < -0.3 is 29.3 Å². The van der Waals surface area contributed by atoms with Crippen LogP contribution in [0.3, 0.4) is 0 Å². The van der Waals surface area contributed by atoms with Crippen molar-refractivity contribution in [2.45, 2.75) is 38.1 Å². The fourth-order valence-corrected chi connectivity index (χ4v) is 5.60. The highest BCUT2D eigenvalue weighted by atomic mass is 32.1. The van der Waals surface area contributed by atoms with Crippen LogP contribution in [0.1, 0.15) is 35.4 Å². The number of rotatable bonds is 11. The molecule has 7 nitrogen and oxygen atoms in total. The molecule has 4 aromatic rings. The average molecular weight is 548 g/mol. The first kappa shape index (κ1) is 27.0. The summed E-state index contributed by atoms with van der Waals surface area (Å²) in [4.78, 5) is 13.1. The Balaban J connectivity index is 1.16. The van der Waals surface area contributed by atoms with Crippen molar-refractivity contribution in [1.29, 1.82) is 0 Å². The fraction of sp³-hybridized carbons (Fsp3) is 0.323. The van der Waals surface area contributed by atoms with E-state index in [1.807, 2.05) is 41.8 Å². The van der Waals surface area contributed by atoms with Crippen molar-refractivity contribution in [1.82, 2.24) is 4.90 Å². The van der Waals surface area contributed by atoms with Gasteiger partial charge in [0, 0.05) is 18.9 Å². The zero-order chi connectivity index (χ0) is 27.0. The lowest BCUT2D eigenvalue weighted by atomic mass is 9.87. The van der Waals surface area contributed by atoms with E-state index in [-0.39, 0.29) is 17.8 Å². The summed E-state index contributed by atoms with van der Waals surface area (Å²) in [7, 11) is 0.